The molecule has 142 valence electrons. The van der Waals surface area contributed by atoms with Crippen LogP contribution in [0.3, 0.4) is 0 Å². The molecule has 4 nitrogen and oxygen atoms in total. The highest BCUT2D eigenvalue weighted by Crippen LogP contribution is 2.27. The Labute approximate surface area is 178 Å². The second-order valence-corrected chi connectivity index (χ2v) is 7.02. The van der Waals surface area contributed by atoms with E-state index in [1.807, 2.05) is 30.3 Å². The van der Waals surface area contributed by atoms with Crippen molar-refractivity contribution in [2.45, 2.75) is 0 Å². The fourth-order valence-electron chi connectivity index (χ4n) is 2.55. The number of ether oxygens (including phenoxy) is 1. The SMILES string of the molecule is COc1ccc(NC(=S)/C(=C(/[O-])c2cc(Cl)ccc2Cl)[n+]2ccccc2)cc1. The molecule has 1 heterocycles. The van der Waals surface area contributed by atoms with E-state index in [9.17, 15) is 5.11 Å². The van der Waals surface area contributed by atoms with Crippen LogP contribution in [0.2, 0.25) is 10.0 Å². The van der Waals surface area contributed by atoms with Crippen LogP contribution in [-0.4, -0.2) is 12.1 Å². The van der Waals surface area contributed by atoms with Gasteiger partial charge in [0.15, 0.2) is 17.4 Å². The third kappa shape index (κ3) is 4.62. The molecular weight excluding hydrogens is 415 g/mol. The molecular formula is C21H16Cl2N2O2S. The van der Waals surface area contributed by atoms with E-state index < -0.39 is 0 Å². The second-order valence-electron chi connectivity index (χ2n) is 5.77. The van der Waals surface area contributed by atoms with Gasteiger partial charge in [0.2, 0.25) is 5.70 Å². The third-order valence-electron chi connectivity index (χ3n) is 3.92. The standard InChI is InChI=1S/C21H16Cl2N2O2S/c1-27-16-8-6-15(7-9-16)24-21(28)19(25-11-3-2-4-12-25)20(26)17-13-14(22)5-10-18(17)23/h2-13H,1H3,(H-,24,26,28). The first kappa shape index (κ1) is 20.1. The van der Waals surface area contributed by atoms with Gasteiger partial charge in [0.1, 0.15) is 5.75 Å². The van der Waals surface area contributed by atoms with Gasteiger partial charge in [-0.2, -0.15) is 4.57 Å². The third-order valence-corrected chi connectivity index (χ3v) is 4.78. The van der Waals surface area contributed by atoms with Gasteiger partial charge in [0.25, 0.3) is 0 Å². The van der Waals surface area contributed by atoms with Crippen molar-refractivity contribution < 1.29 is 14.4 Å². The minimum absolute atomic E-state index is 0.252. The van der Waals surface area contributed by atoms with E-state index in [4.69, 9.17) is 40.2 Å². The van der Waals surface area contributed by atoms with Crippen LogP contribution in [-0.2, 0) is 0 Å². The van der Waals surface area contributed by atoms with Crippen LogP contribution in [0, 0.1) is 0 Å². The van der Waals surface area contributed by atoms with E-state index in [1.165, 1.54) is 6.07 Å². The van der Waals surface area contributed by atoms with Gasteiger partial charge in [0.05, 0.1) is 7.11 Å². The summed E-state index contributed by atoms with van der Waals surface area (Å²) in [5.74, 6) is 0.384. The molecule has 0 bridgehead atoms. The Morgan fingerprint density at radius 1 is 1.04 bits per heavy atom. The monoisotopic (exact) mass is 430 g/mol. The van der Waals surface area contributed by atoms with Gasteiger partial charge in [-0.15, -0.1) is 0 Å². The molecule has 1 N–H and O–H groups in total. The van der Waals surface area contributed by atoms with E-state index in [1.54, 1.807) is 48.3 Å². The summed E-state index contributed by atoms with van der Waals surface area (Å²) >= 11 is 17.9. The maximum absolute atomic E-state index is 13.3. The average molecular weight is 431 g/mol. The van der Waals surface area contributed by atoms with E-state index in [2.05, 4.69) is 5.32 Å². The van der Waals surface area contributed by atoms with Gasteiger partial charge in [-0.1, -0.05) is 41.5 Å². The van der Waals surface area contributed by atoms with Crippen molar-refractivity contribution in [1.82, 2.24) is 0 Å². The molecule has 7 heteroatoms. The average Bonchev–Trinajstić information content (AvgIpc) is 2.71. The molecule has 2 aromatic carbocycles. The minimum atomic E-state index is -0.338. The molecule has 0 saturated heterocycles. The fourth-order valence-corrected chi connectivity index (χ4v) is 3.24. The van der Waals surface area contributed by atoms with Gasteiger partial charge in [-0.3, -0.25) is 0 Å². The highest BCUT2D eigenvalue weighted by molar-refractivity contribution is 7.81. The topological polar surface area (TPSA) is 48.2 Å². The van der Waals surface area contributed by atoms with Crippen molar-refractivity contribution in [2.24, 2.45) is 0 Å². The summed E-state index contributed by atoms with van der Waals surface area (Å²) in [5, 5.41) is 17.1. The lowest BCUT2D eigenvalue weighted by molar-refractivity contribution is -0.577. The number of aromatic nitrogens is 1. The van der Waals surface area contributed by atoms with Crippen LogP contribution in [0.15, 0.2) is 73.1 Å². The summed E-state index contributed by atoms with van der Waals surface area (Å²) in [7, 11) is 1.60. The lowest BCUT2D eigenvalue weighted by Gasteiger charge is -2.18. The van der Waals surface area contributed by atoms with Crippen molar-refractivity contribution in [2.75, 3.05) is 12.4 Å². The molecule has 0 aliphatic carbocycles. The first-order chi connectivity index (χ1) is 13.5. The molecule has 0 spiro atoms. The number of rotatable bonds is 5. The van der Waals surface area contributed by atoms with Gasteiger partial charge in [-0.25, -0.2) is 0 Å². The van der Waals surface area contributed by atoms with Gasteiger partial charge >= 0.3 is 0 Å². The maximum Gasteiger partial charge on any atom is 0.238 e. The van der Waals surface area contributed by atoms with Crippen LogP contribution in [0.4, 0.5) is 5.69 Å². The van der Waals surface area contributed by atoms with E-state index in [-0.39, 0.29) is 22.0 Å². The molecule has 0 radical (unpaired) electrons. The lowest BCUT2D eigenvalue weighted by Crippen LogP contribution is -2.39. The number of nitrogens with one attached hydrogen (secondary N) is 1. The molecule has 3 aromatic rings. The van der Waals surface area contributed by atoms with E-state index in [0.717, 1.165) is 11.4 Å². The predicted octanol–water partition coefficient (Wildman–Crippen LogP) is 4.42. The van der Waals surface area contributed by atoms with Crippen molar-refractivity contribution in [3.05, 3.63) is 88.7 Å². The molecule has 0 unspecified atom stereocenters. The summed E-state index contributed by atoms with van der Waals surface area (Å²) in [6.45, 7) is 0. The lowest BCUT2D eigenvalue weighted by atomic mass is 10.1. The summed E-state index contributed by atoms with van der Waals surface area (Å²) in [6.07, 6.45) is 3.49. The van der Waals surface area contributed by atoms with Crippen molar-refractivity contribution in [3.8, 4) is 5.75 Å². The van der Waals surface area contributed by atoms with Crippen LogP contribution in [0.1, 0.15) is 5.56 Å². The molecule has 0 aliphatic heterocycles. The normalized spacial score (nSPS) is 11.5. The quantitative estimate of drug-likeness (QED) is 0.281. The number of pyridine rings is 1. The Hall–Kier alpha value is -2.60. The fraction of sp³-hybridized carbons (Fsp3) is 0.0476. The van der Waals surface area contributed by atoms with Crippen molar-refractivity contribution >= 4 is 57.6 Å². The second kappa shape index (κ2) is 9.06. The number of benzene rings is 2. The zero-order valence-corrected chi connectivity index (χ0v) is 17.2. The zero-order valence-electron chi connectivity index (χ0n) is 14.9. The van der Waals surface area contributed by atoms with Crippen LogP contribution >= 0.6 is 35.4 Å². The first-order valence-electron chi connectivity index (χ1n) is 8.28. The number of halogens is 2. The van der Waals surface area contributed by atoms with Gasteiger partial charge < -0.3 is 15.2 Å². The Morgan fingerprint density at radius 3 is 2.36 bits per heavy atom. The molecule has 0 aliphatic rings. The largest absolute Gasteiger partial charge is 0.867 e. The Morgan fingerprint density at radius 2 is 1.71 bits per heavy atom. The van der Waals surface area contributed by atoms with E-state index in [0.29, 0.717) is 10.0 Å². The predicted molar refractivity (Wildman–Crippen MR) is 115 cm³/mol. The molecule has 3 rings (SSSR count). The van der Waals surface area contributed by atoms with Crippen LogP contribution < -0.4 is 19.7 Å². The number of hydrogen-bond donors (Lipinski definition) is 1. The first-order valence-corrected chi connectivity index (χ1v) is 9.45. The summed E-state index contributed by atoms with van der Waals surface area (Å²) in [6, 6.07) is 17.5. The van der Waals surface area contributed by atoms with Crippen molar-refractivity contribution in [1.29, 1.82) is 0 Å². The molecule has 1 aromatic heterocycles. The van der Waals surface area contributed by atoms with Crippen LogP contribution in [0.5, 0.6) is 5.75 Å². The Kier molecular flexibility index (Phi) is 6.52. The smallest absolute Gasteiger partial charge is 0.238 e. The number of nitrogens with zero attached hydrogens (tertiary/aromatic N) is 1. The Bertz CT molecular complexity index is 1020. The number of methoxy groups -OCH3 is 1. The molecule has 28 heavy (non-hydrogen) atoms. The summed E-state index contributed by atoms with van der Waals surface area (Å²) in [4.78, 5) is 0.252. The molecule has 0 amide bonds. The molecule has 0 saturated carbocycles. The summed E-state index contributed by atoms with van der Waals surface area (Å²) in [5.41, 5.74) is 1.26. The number of anilines is 1. The minimum Gasteiger partial charge on any atom is -0.867 e. The number of hydrogen-bond acceptors (Lipinski definition) is 3. The van der Waals surface area contributed by atoms with Crippen LogP contribution in [0.25, 0.3) is 11.5 Å². The maximum atomic E-state index is 13.3. The summed E-state index contributed by atoms with van der Waals surface area (Å²) < 4.78 is 6.81. The highest BCUT2D eigenvalue weighted by Gasteiger charge is 2.20. The molecule has 0 atom stereocenters. The van der Waals surface area contributed by atoms with E-state index >= 15 is 0 Å². The zero-order chi connectivity index (χ0) is 20.1. The Balaban J connectivity index is 2.06. The molecule has 0 fully saturated rings. The van der Waals surface area contributed by atoms with Crippen molar-refractivity contribution in [3.63, 3.8) is 0 Å². The number of thiocarbonyl (C=S) groups is 1. The van der Waals surface area contributed by atoms with Gasteiger partial charge in [0, 0.05) is 27.9 Å². The highest BCUT2D eigenvalue weighted by atomic mass is 35.5. The van der Waals surface area contributed by atoms with Gasteiger partial charge in [-0.05, 0) is 53.8 Å².